The first-order valence-electron chi connectivity index (χ1n) is 5.75. The summed E-state index contributed by atoms with van der Waals surface area (Å²) >= 11 is 3.33. The Bertz CT molecular complexity index is 475. The van der Waals surface area contributed by atoms with Crippen molar-refractivity contribution in [2.24, 2.45) is 0 Å². The van der Waals surface area contributed by atoms with Gasteiger partial charge in [0, 0.05) is 0 Å². The Balaban J connectivity index is 2.28. The molecule has 0 fully saturated rings. The van der Waals surface area contributed by atoms with Crippen molar-refractivity contribution in [1.82, 2.24) is 5.32 Å². The lowest BCUT2D eigenvalue weighted by atomic mass is 10.1. The van der Waals surface area contributed by atoms with Crippen LogP contribution in [0.4, 0.5) is 0 Å². The molecule has 3 nitrogen and oxygen atoms in total. The van der Waals surface area contributed by atoms with Crippen LogP contribution >= 0.6 is 15.9 Å². The standard InChI is InChI=1S/C13H16BrNO2/c1-3-7-15-12(10-4-5-11(14)17-10)13-9(2)6-8-16-13/h4-6,8,12,15H,3,7H2,1-2H3. The van der Waals surface area contributed by atoms with Gasteiger partial charge in [0.1, 0.15) is 17.6 Å². The first kappa shape index (κ1) is 12.5. The fourth-order valence-corrected chi connectivity index (χ4v) is 2.09. The number of halogens is 1. The van der Waals surface area contributed by atoms with Crippen LogP contribution in [0.2, 0.25) is 0 Å². The smallest absolute Gasteiger partial charge is 0.169 e. The maximum atomic E-state index is 5.62. The molecule has 0 aliphatic rings. The fourth-order valence-electron chi connectivity index (χ4n) is 1.77. The number of rotatable bonds is 5. The van der Waals surface area contributed by atoms with Crippen LogP contribution in [0, 0.1) is 6.92 Å². The highest BCUT2D eigenvalue weighted by molar-refractivity contribution is 9.10. The van der Waals surface area contributed by atoms with Crippen LogP contribution in [0.3, 0.4) is 0 Å². The summed E-state index contributed by atoms with van der Waals surface area (Å²) in [7, 11) is 0. The molecule has 0 aliphatic carbocycles. The molecule has 0 bridgehead atoms. The Kier molecular flexibility index (Phi) is 4.07. The summed E-state index contributed by atoms with van der Waals surface area (Å²) in [6, 6.07) is 5.80. The molecule has 17 heavy (non-hydrogen) atoms. The first-order chi connectivity index (χ1) is 8.22. The SMILES string of the molecule is CCCNC(c1ccc(Br)o1)c1occc1C. The molecule has 0 amide bonds. The normalized spacial score (nSPS) is 12.9. The van der Waals surface area contributed by atoms with E-state index in [1.54, 1.807) is 6.26 Å². The lowest BCUT2D eigenvalue weighted by Crippen LogP contribution is -2.22. The highest BCUT2D eigenvalue weighted by atomic mass is 79.9. The van der Waals surface area contributed by atoms with E-state index in [4.69, 9.17) is 8.83 Å². The van der Waals surface area contributed by atoms with Crippen molar-refractivity contribution < 1.29 is 8.83 Å². The van der Waals surface area contributed by atoms with Gasteiger partial charge >= 0.3 is 0 Å². The van der Waals surface area contributed by atoms with Crippen LogP contribution in [-0.4, -0.2) is 6.54 Å². The molecule has 2 aromatic rings. The molecule has 92 valence electrons. The van der Waals surface area contributed by atoms with E-state index in [2.05, 4.69) is 28.2 Å². The minimum Gasteiger partial charge on any atom is -0.467 e. The zero-order valence-corrected chi connectivity index (χ0v) is 11.6. The number of furan rings is 2. The molecule has 2 rings (SSSR count). The maximum Gasteiger partial charge on any atom is 0.169 e. The maximum absolute atomic E-state index is 5.62. The van der Waals surface area contributed by atoms with Gasteiger partial charge in [0.2, 0.25) is 0 Å². The predicted molar refractivity (Wildman–Crippen MR) is 70.0 cm³/mol. The summed E-state index contributed by atoms with van der Waals surface area (Å²) in [4.78, 5) is 0. The fraction of sp³-hybridized carbons (Fsp3) is 0.385. The Hall–Kier alpha value is -1.00. The van der Waals surface area contributed by atoms with Gasteiger partial charge in [-0.2, -0.15) is 0 Å². The van der Waals surface area contributed by atoms with Crippen LogP contribution in [0.5, 0.6) is 0 Å². The van der Waals surface area contributed by atoms with Gasteiger partial charge in [-0.05, 0) is 59.6 Å². The quantitative estimate of drug-likeness (QED) is 0.905. The third-order valence-corrected chi connectivity index (χ3v) is 3.07. The van der Waals surface area contributed by atoms with E-state index < -0.39 is 0 Å². The number of hydrogen-bond donors (Lipinski definition) is 1. The van der Waals surface area contributed by atoms with Crippen LogP contribution in [-0.2, 0) is 0 Å². The summed E-state index contributed by atoms with van der Waals surface area (Å²) < 4.78 is 11.9. The summed E-state index contributed by atoms with van der Waals surface area (Å²) in [5, 5.41) is 3.43. The van der Waals surface area contributed by atoms with Gasteiger partial charge in [0.15, 0.2) is 4.67 Å². The second-order valence-electron chi connectivity index (χ2n) is 4.00. The second kappa shape index (κ2) is 5.56. The molecule has 2 aromatic heterocycles. The van der Waals surface area contributed by atoms with Crippen molar-refractivity contribution in [2.75, 3.05) is 6.54 Å². The number of hydrogen-bond acceptors (Lipinski definition) is 3. The molecule has 0 spiro atoms. The zero-order valence-electron chi connectivity index (χ0n) is 10.00. The average molecular weight is 298 g/mol. The molecule has 0 aromatic carbocycles. The Morgan fingerprint density at radius 1 is 1.35 bits per heavy atom. The van der Waals surface area contributed by atoms with Crippen molar-refractivity contribution in [1.29, 1.82) is 0 Å². The third kappa shape index (κ3) is 2.82. The van der Waals surface area contributed by atoms with E-state index in [9.17, 15) is 0 Å². The van der Waals surface area contributed by atoms with Crippen LogP contribution in [0.25, 0.3) is 0 Å². The minimum atomic E-state index is -0.0174. The molecule has 4 heteroatoms. The monoisotopic (exact) mass is 297 g/mol. The molecule has 0 saturated carbocycles. The molecule has 2 heterocycles. The second-order valence-corrected chi connectivity index (χ2v) is 4.78. The molecule has 1 atom stereocenters. The topological polar surface area (TPSA) is 38.3 Å². The molecular formula is C13H16BrNO2. The highest BCUT2D eigenvalue weighted by Gasteiger charge is 2.21. The molecule has 0 radical (unpaired) electrons. The first-order valence-corrected chi connectivity index (χ1v) is 6.54. The van der Waals surface area contributed by atoms with Crippen LogP contribution in [0.1, 0.15) is 36.5 Å². The summed E-state index contributed by atoms with van der Waals surface area (Å²) in [5.41, 5.74) is 1.13. The number of nitrogens with one attached hydrogen (secondary N) is 1. The highest BCUT2D eigenvalue weighted by Crippen LogP contribution is 2.28. The van der Waals surface area contributed by atoms with E-state index in [0.717, 1.165) is 34.7 Å². The summed E-state index contributed by atoms with van der Waals surface area (Å²) in [6.45, 7) is 5.09. The van der Waals surface area contributed by atoms with Crippen LogP contribution < -0.4 is 5.32 Å². The van der Waals surface area contributed by atoms with E-state index in [0.29, 0.717) is 0 Å². The molecule has 0 saturated heterocycles. The van der Waals surface area contributed by atoms with E-state index in [-0.39, 0.29) is 6.04 Å². The lowest BCUT2D eigenvalue weighted by molar-refractivity contribution is 0.380. The number of aryl methyl sites for hydroxylation is 1. The van der Waals surface area contributed by atoms with E-state index in [1.165, 1.54) is 0 Å². The Morgan fingerprint density at radius 2 is 2.18 bits per heavy atom. The zero-order chi connectivity index (χ0) is 12.3. The van der Waals surface area contributed by atoms with Gasteiger partial charge in [-0.25, -0.2) is 0 Å². The van der Waals surface area contributed by atoms with Crippen molar-refractivity contribution in [3.8, 4) is 0 Å². The van der Waals surface area contributed by atoms with Gasteiger partial charge in [-0.15, -0.1) is 0 Å². The largest absolute Gasteiger partial charge is 0.467 e. The van der Waals surface area contributed by atoms with Gasteiger partial charge < -0.3 is 14.2 Å². The average Bonchev–Trinajstić information content (AvgIpc) is 2.90. The molecular weight excluding hydrogens is 282 g/mol. The van der Waals surface area contributed by atoms with Crippen molar-refractivity contribution in [3.05, 3.63) is 46.2 Å². The van der Waals surface area contributed by atoms with E-state index >= 15 is 0 Å². The Morgan fingerprint density at radius 3 is 2.71 bits per heavy atom. The Labute approximate surface area is 109 Å². The lowest BCUT2D eigenvalue weighted by Gasteiger charge is -2.14. The molecule has 1 unspecified atom stereocenters. The van der Waals surface area contributed by atoms with E-state index in [1.807, 2.05) is 25.1 Å². The van der Waals surface area contributed by atoms with Crippen LogP contribution in [0.15, 0.2) is 38.0 Å². The predicted octanol–water partition coefficient (Wildman–Crippen LogP) is 4.03. The third-order valence-electron chi connectivity index (χ3n) is 2.64. The summed E-state index contributed by atoms with van der Waals surface area (Å²) in [5.74, 6) is 1.78. The van der Waals surface area contributed by atoms with Gasteiger partial charge in [-0.1, -0.05) is 6.92 Å². The van der Waals surface area contributed by atoms with Crippen molar-refractivity contribution in [3.63, 3.8) is 0 Å². The van der Waals surface area contributed by atoms with Gasteiger partial charge in [0.25, 0.3) is 0 Å². The molecule has 0 aliphatic heterocycles. The van der Waals surface area contributed by atoms with Crippen molar-refractivity contribution >= 4 is 15.9 Å². The summed E-state index contributed by atoms with van der Waals surface area (Å²) in [6.07, 6.45) is 2.78. The van der Waals surface area contributed by atoms with Gasteiger partial charge in [0.05, 0.1) is 6.26 Å². The van der Waals surface area contributed by atoms with Gasteiger partial charge in [-0.3, -0.25) is 0 Å². The molecule has 1 N–H and O–H groups in total. The van der Waals surface area contributed by atoms with Crippen molar-refractivity contribution in [2.45, 2.75) is 26.3 Å². The minimum absolute atomic E-state index is 0.0174.